The molecule has 5 nitrogen and oxygen atoms in total. The lowest BCUT2D eigenvalue weighted by molar-refractivity contribution is -0.152. The molecule has 0 heterocycles. The summed E-state index contributed by atoms with van der Waals surface area (Å²) in [5.41, 5.74) is 0.903. The Balaban J connectivity index is 1.98. The summed E-state index contributed by atoms with van der Waals surface area (Å²) in [5, 5.41) is 2.56. The van der Waals surface area contributed by atoms with Crippen LogP contribution in [-0.4, -0.2) is 23.8 Å². The number of halogens is 1. The first-order valence-corrected chi connectivity index (χ1v) is 7.72. The zero-order chi connectivity index (χ0) is 18.4. The van der Waals surface area contributed by atoms with Crippen molar-refractivity contribution in [3.8, 4) is 0 Å². The summed E-state index contributed by atoms with van der Waals surface area (Å²) in [6, 6.07) is 12.4. The number of anilines is 1. The Kier molecular flexibility index (Phi) is 6.00. The van der Waals surface area contributed by atoms with Crippen LogP contribution in [0.1, 0.15) is 29.8 Å². The minimum atomic E-state index is -1.08. The predicted octanol–water partition coefficient (Wildman–Crippen LogP) is 3.14. The normalized spacial score (nSPS) is 11.5. The molecule has 0 spiro atoms. The second kappa shape index (κ2) is 8.19. The minimum absolute atomic E-state index is 0.194. The van der Waals surface area contributed by atoms with Crippen molar-refractivity contribution in [1.29, 1.82) is 0 Å². The Labute approximate surface area is 144 Å². The summed E-state index contributed by atoms with van der Waals surface area (Å²) >= 11 is 0. The number of hydrogen-bond donors (Lipinski definition) is 1. The maximum absolute atomic E-state index is 13.5. The summed E-state index contributed by atoms with van der Waals surface area (Å²) in [6.07, 6.45) is -1.35. The number of benzene rings is 2. The first-order valence-electron chi connectivity index (χ1n) is 7.72. The Bertz CT molecular complexity index is 804. The van der Waals surface area contributed by atoms with E-state index < -0.39 is 23.8 Å². The number of carbonyl (C=O) groups excluding carboxylic acids is 3. The van der Waals surface area contributed by atoms with E-state index >= 15 is 0 Å². The van der Waals surface area contributed by atoms with Gasteiger partial charge in [-0.1, -0.05) is 30.3 Å². The lowest BCUT2D eigenvalue weighted by atomic mass is 10.1. The van der Waals surface area contributed by atoms with E-state index in [1.165, 1.54) is 32.0 Å². The topological polar surface area (TPSA) is 72.5 Å². The SMILES string of the molecule is CC(=O)c1ccccc1NC(=O)[C@@H](C)OC(=O)Cc1ccccc1F. The quantitative estimate of drug-likeness (QED) is 0.646. The number of hydrogen-bond acceptors (Lipinski definition) is 4. The highest BCUT2D eigenvalue weighted by molar-refractivity contribution is 6.04. The summed E-state index contributed by atoms with van der Waals surface area (Å²) in [7, 11) is 0. The van der Waals surface area contributed by atoms with Crippen LogP contribution in [0.5, 0.6) is 0 Å². The Morgan fingerprint density at radius 1 is 1.08 bits per heavy atom. The van der Waals surface area contributed by atoms with Gasteiger partial charge in [0, 0.05) is 5.56 Å². The molecule has 0 saturated carbocycles. The maximum Gasteiger partial charge on any atom is 0.311 e. The average Bonchev–Trinajstić information content (AvgIpc) is 2.57. The molecule has 6 heteroatoms. The van der Waals surface area contributed by atoms with Gasteiger partial charge in [-0.2, -0.15) is 0 Å². The van der Waals surface area contributed by atoms with Crippen LogP contribution in [-0.2, 0) is 20.7 Å². The van der Waals surface area contributed by atoms with Crippen LogP contribution in [0.25, 0.3) is 0 Å². The van der Waals surface area contributed by atoms with Gasteiger partial charge in [-0.05, 0) is 37.6 Å². The van der Waals surface area contributed by atoms with Gasteiger partial charge in [0.25, 0.3) is 5.91 Å². The number of nitrogens with one attached hydrogen (secondary N) is 1. The fourth-order valence-electron chi connectivity index (χ4n) is 2.22. The molecule has 0 unspecified atom stereocenters. The molecular weight excluding hydrogens is 325 g/mol. The Morgan fingerprint density at radius 2 is 1.72 bits per heavy atom. The fourth-order valence-corrected chi connectivity index (χ4v) is 2.22. The molecule has 0 aromatic heterocycles. The van der Waals surface area contributed by atoms with Gasteiger partial charge in [-0.25, -0.2) is 4.39 Å². The van der Waals surface area contributed by atoms with Crippen LogP contribution >= 0.6 is 0 Å². The first-order chi connectivity index (χ1) is 11.9. The van der Waals surface area contributed by atoms with E-state index in [2.05, 4.69) is 5.32 Å². The van der Waals surface area contributed by atoms with Crippen LogP contribution in [0.2, 0.25) is 0 Å². The molecule has 2 aromatic rings. The maximum atomic E-state index is 13.5. The van der Waals surface area contributed by atoms with Crippen molar-refractivity contribution in [2.75, 3.05) is 5.32 Å². The molecule has 0 bridgehead atoms. The number of Topliss-reactive ketones (excluding diaryl/α,β-unsaturated/α-hetero) is 1. The molecule has 0 fully saturated rings. The fraction of sp³-hybridized carbons (Fsp3) is 0.211. The van der Waals surface area contributed by atoms with Crippen LogP contribution < -0.4 is 5.32 Å². The van der Waals surface area contributed by atoms with Gasteiger partial charge in [0.2, 0.25) is 0 Å². The van der Waals surface area contributed by atoms with Crippen LogP contribution in [0, 0.1) is 5.82 Å². The molecule has 1 amide bonds. The molecule has 1 N–H and O–H groups in total. The van der Waals surface area contributed by atoms with Gasteiger partial charge in [0.1, 0.15) is 5.82 Å². The van der Waals surface area contributed by atoms with E-state index in [1.807, 2.05) is 0 Å². The smallest absolute Gasteiger partial charge is 0.311 e. The van der Waals surface area contributed by atoms with E-state index in [0.29, 0.717) is 11.3 Å². The molecule has 2 rings (SSSR count). The number of ether oxygens (including phenoxy) is 1. The summed E-state index contributed by atoms with van der Waals surface area (Å²) < 4.78 is 18.6. The van der Waals surface area contributed by atoms with Crippen molar-refractivity contribution in [1.82, 2.24) is 0 Å². The lowest BCUT2D eigenvalue weighted by Gasteiger charge is -2.15. The molecule has 0 aliphatic rings. The number of rotatable bonds is 6. The third kappa shape index (κ3) is 4.97. The van der Waals surface area contributed by atoms with Crippen molar-refractivity contribution in [2.24, 2.45) is 0 Å². The highest BCUT2D eigenvalue weighted by Crippen LogP contribution is 2.16. The molecule has 0 aliphatic heterocycles. The molecule has 0 saturated heterocycles. The molecule has 2 aromatic carbocycles. The molecule has 1 atom stereocenters. The van der Waals surface area contributed by atoms with Crippen molar-refractivity contribution in [2.45, 2.75) is 26.4 Å². The molecule has 0 aliphatic carbocycles. The molecule has 130 valence electrons. The van der Waals surface area contributed by atoms with Gasteiger partial charge in [-0.3, -0.25) is 14.4 Å². The summed E-state index contributed by atoms with van der Waals surface area (Å²) in [5.74, 6) is -1.99. The standard InChI is InChI=1S/C19H18FNO4/c1-12(22)15-8-4-6-10-17(15)21-19(24)13(2)25-18(23)11-14-7-3-5-9-16(14)20/h3-10,13H,11H2,1-2H3,(H,21,24)/t13-/m1/s1. The summed E-state index contributed by atoms with van der Waals surface area (Å²) in [6.45, 7) is 2.80. The van der Waals surface area contributed by atoms with Crippen LogP contribution in [0.3, 0.4) is 0 Å². The third-order valence-electron chi connectivity index (χ3n) is 3.53. The zero-order valence-electron chi connectivity index (χ0n) is 13.9. The predicted molar refractivity (Wildman–Crippen MR) is 90.7 cm³/mol. The molecular formula is C19H18FNO4. The number of amides is 1. The van der Waals surface area contributed by atoms with Crippen molar-refractivity contribution in [3.63, 3.8) is 0 Å². The van der Waals surface area contributed by atoms with E-state index in [9.17, 15) is 18.8 Å². The van der Waals surface area contributed by atoms with Gasteiger partial charge in [-0.15, -0.1) is 0 Å². The second-order valence-electron chi connectivity index (χ2n) is 5.49. The monoisotopic (exact) mass is 343 g/mol. The average molecular weight is 343 g/mol. The van der Waals surface area contributed by atoms with Gasteiger partial charge in [0.15, 0.2) is 11.9 Å². The van der Waals surface area contributed by atoms with Crippen molar-refractivity contribution < 1.29 is 23.5 Å². The Hall–Kier alpha value is -3.02. The lowest BCUT2D eigenvalue weighted by Crippen LogP contribution is -2.31. The van der Waals surface area contributed by atoms with Gasteiger partial charge in [0.05, 0.1) is 12.1 Å². The second-order valence-corrected chi connectivity index (χ2v) is 5.49. The highest BCUT2D eigenvalue weighted by atomic mass is 19.1. The van der Waals surface area contributed by atoms with E-state index in [-0.39, 0.29) is 17.8 Å². The third-order valence-corrected chi connectivity index (χ3v) is 3.53. The van der Waals surface area contributed by atoms with E-state index in [4.69, 9.17) is 4.74 Å². The van der Waals surface area contributed by atoms with E-state index in [0.717, 1.165) is 0 Å². The minimum Gasteiger partial charge on any atom is -0.452 e. The van der Waals surface area contributed by atoms with Crippen molar-refractivity contribution >= 4 is 23.3 Å². The van der Waals surface area contributed by atoms with Crippen LogP contribution in [0.4, 0.5) is 10.1 Å². The number of ketones is 1. The van der Waals surface area contributed by atoms with E-state index in [1.54, 1.807) is 30.3 Å². The number of esters is 1. The van der Waals surface area contributed by atoms with Crippen molar-refractivity contribution in [3.05, 3.63) is 65.5 Å². The number of para-hydroxylation sites is 1. The Morgan fingerprint density at radius 3 is 2.40 bits per heavy atom. The summed E-state index contributed by atoms with van der Waals surface area (Å²) in [4.78, 5) is 35.6. The van der Waals surface area contributed by atoms with Crippen LogP contribution in [0.15, 0.2) is 48.5 Å². The number of carbonyl (C=O) groups is 3. The highest BCUT2D eigenvalue weighted by Gasteiger charge is 2.20. The zero-order valence-corrected chi connectivity index (χ0v) is 13.9. The van der Waals surface area contributed by atoms with Gasteiger partial charge >= 0.3 is 5.97 Å². The van der Waals surface area contributed by atoms with Gasteiger partial charge < -0.3 is 10.1 Å². The molecule has 25 heavy (non-hydrogen) atoms. The molecule has 0 radical (unpaired) electrons. The first kappa shape index (κ1) is 18.3. The largest absolute Gasteiger partial charge is 0.452 e.